The minimum Gasteiger partial charge on any atom is -0.379 e. The third-order valence-corrected chi connectivity index (χ3v) is 4.85. The standard InChI is InChI=1S/C17H25NO/c1-13(2)14-6-8-15(9-7-14)17(11-19-12-17)16-5-3-4-10-18-16/h6-9,13,16,18H,3-5,10-12H2,1-2H3. The fourth-order valence-electron chi connectivity index (χ4n) is 3.41. The van der Waals surface area contributed by atoms with Crippen LogP contribution in [-0.2, 0) is 10.2 Å². The number of hydrogen-bond donors (Lipinski definition) is 1. The summed E-state index contributed by atoms with van der Waals surface area (Å²) in [5, 5.41) is 3.72. The van der Waals surface area contributed by atoms with Crippen molar-refractivity contribution in [3.05, 3.63) is 35.4 Å². The van der Waals surface area contributed by atoms with E-state index in [1.807, 2.05) is 0 Å². The van der Waals surface area contributed by atoms with Crippen molar-refractivity contribution in [3.8, 4) is 0 Å². The topological polar surface area (TPSA) is 21.3 Å². The van der Waals surface area contributed by atoms with Crippen molar-refractivity contribution in [1.82, 2.24) is 5.32 Å². The first-order valence-corrected chi connectivity index (χ1v) is 7.64. The Balaban J connectivity index is 1.84. The van der Waals surface area contributed by atoms with Crippen LogP contribution in [0.3, 0.4) is 0 Å². The van der Waals surface area contributed by atoms with Crippen molar-refractivity contribution < 1.29 is 4.74 Å². The van der Waals surface area contributed by atoms with Crippen molar-refractivity contribution in [2.45, 2.75) is 50.5 Å². The lowest BCUT2D eigenvalue weighted by molar-refractivity contribution is -0.0827. The lowest BCUT2D eigenvalue weighted by Crippen LogP contribution is -2.61. The summed E-state index contributed by atoms with van der Waals surface area (Å²) in [6.07, 6.45) is 3.96. The largest absolute Gasteiger partial charge is 0.379 e. The van der Waals surface area contributed by atoms with Crippen LogP contribution >= 0.6 is 0 Å². The molecule has 0 saturated carbocycles. The highest BCUT2D eigenvalue weighted by atomic mass is 16.5. The summed E-state index contributed by atoms with van der Waals surface area (Å²) in [7, 11) is 0. The van der Waals surface area contributed by atoms with Gasteiger partial charge in [0.1, 0.15) is 0 Å². The molecule has 104 valence electrons. The molecule has 1 atom stereocenters. The highest BCUT2D eigenvalue weighted by molar-refractivity contribution is 5.34. The number of nitrogens with one attached hydrogen (secondary N) is 1. The number of rotatable bonds is 3. The molecule has 1 N–H and O–H groups in total. The van der Waals surface area contributed by atoms with Gasteiger partial charge in [0.25, 0.3) is 0 Å². The van der Waals surface area contributed by atoms with E-state index < -0.39 is 0 Å². The van der Waals surface area contributed by atoms with Gasteiger partial charge in [0.2, 0.25) is 0 Å². The summed E-state index contributed by atoms with van der Waals surface area (Å²) in [4.78, 5) is 0. The van der Waals surface area contributed by atoms with E-state index in [2.05, 4.69) is 43.4 Å². The first-order valence-electron chi connectivity index (χ1n) is 7.64. The Morgan fingerprint density at radius 1 is 1.16 bits per heavy atom. The average Bonchev–Trinajstić information content (AvgIpc) is 2.39. The minimum atomic E-state index is 0.232. The molecule has 0 radical (unpaired) electrons. The van der Waals surface area contributed by atoms with Gasteiger partial charge in [-0.25, -0.2) is 0 Å². The van der Waals surface area contributed by atoms with E-state index in [1.54, 1.807) is 0 Å². The lowest BCUT2D eigenvalue weighted by atomic mass is 9.70. The lowest BCUT2D eigenvalue weighted by Gasteiger charge is -2.49. The van der Waals surface area contributed by atoms with Crippen LogP contribution in [0.25, 0.3) is 0 Å². The molecular weight excluding hydrogens is 234 g/mol. The van der Waals surface area contributed by atoms with Crippen molar-refractivity contribution in [3.63, 3.8) is 0 Å². The van der Waals surface area contributed by atoms with Gasteiger partial charge in [-0.3, -0.25) is 0 Å². The fourth-order valence-corrected chi connectivity index (χ4v) is 3.41. The van der Waals surface area contributed by atoms with Gasteiger partial charge in [0, 0.05) is 6.04 Å². The summed E-state index contributed by atoms with van der Waals surface area (Å²) in [5.74, 6) is 0.607. The molecule has 1 aromatic rings. The van der Waals surface area contributed by atoms with Crippen molar-refractivity contribution in [1.29, 1.82) is 0 Å². The minimum absolute atomic E-state index is 0.232. The van der Waals surface area contributed by atoms with Gasteiger partial charge in [-0.2, -0.15) is 0 Å². The van der Waals surface area contributed by atoms with E-state index in [1.165, 1.54) is 30.4 Å². The zero-order valence-corrected chi connectivity index (χ0v) is 12.1. The zero-order valence-electron chi connectivity index (χ0n) is 12.1. The van der Waals surface area contributed by atoms with Gasteiger partial charge in [-0.05, 0) is 36.4 Å². The predicted molar refractivity (Wildman–Crippen MR) is 78.7 cm³/mol. The smallest absolute Gasteiger partial charge is 0.0600 e. The second-order valence-corrected chi connectivity index (χ2v) is 6.43. The third-order valence-electron chi connectivity index (χ3n) is 4.85. The Morgan fingerprint density at radius 2 is 1.89 bits per heavy atom. The SMILES string of the molecule is CC(C)c1ccc(C2(C3CCCCN3)COC2)cc1. The Hall–Kier alpha value is -0.860. The van der Waals surface area contributed by atoms with Crippen molar-refractivity contribution >= 4 is 0 Å². The first kappa shape index (κ1) is 13.1. The molecule has 0 amide bonds. The summed E-state index contributed by atoms with van der Waals surface area (Å²) < 4.78 is 5.58. The molecule has 1 aromatic carbocycles. The molecule has 2 aliphatic rings. The summed E-state index contributed by atoms with van der Waals surface area (Å²) >= 11 is 0. The molecule has 2 heteroatoms. The molecular formula is C17H25NO. The molecule has 0 aliphatic carbocycles. The molecule has 3 rings (SSSR count). The van der Waals surface area contributed by atoms with E-state index >= 15 is 0 Å². The number of benzene rings is 1. The van der Waals surface area contributed by atoms with Gasteiger partial charge >= 0.3 is 0 Å². The number of ether oxygens (including phenoxy) is 1. The van der Waals surface area contributed by atoms with Crippen LogP contribution in [0.15, 0.2) is 24.3 Å². The van der Waals surface area contributed by atoms with Gasteiger partial charge in [0.05, 0.1) is 18.6 Å². The molecule has 2 heterocycles. The normalized spacial score (nSPS) is 26.2. The molecule has 2 fully saturated rings. The van der Waals surface area contributed by atoms with E-state index in [0.29, 0.717) is 12.0 Å². The zero-order chi connectivity index (χ0) is 13.3. The maximum Gasteiger partial charge on any atom is 0.0600 e. The second-order valence-electron chi connectivity index (χ2n) is 6.43. The monoisotopic (exact) mass is 259 g/mol. The van der Waals surface area contributed by atoms with E-state index in [9.17, 15) is 0 Å². The molecule has 2 saturated heterocycles. The van der Waals surface area contributed by atoms with Crippen LogP contribution in [-0.4, -0.2) is 25.8 Å². The summed E-state index contributed by atoms with van der Waals surface area (Å²) in [6, 6.07) is 9.84. The van der Waals surface area contributed by atoms with E-state index in [-0.39, 0.29) is 5.41 Å². The quantitative estimate of drug-likeness (QED) is 0.900. The van der Waals surface area contributed by atoms with Gasteiger partial charge in [0.15, 0.2) is 0 Å². The van der Waals surface area contributed by atoms with Gasteiger partial charge in [-0.15, -0.1) is 0 Å². The molecule has 2 nitrogen and oxygen atoms in total. The molecule has 2 aliphatic heterocycles. The first-order chi connectivity index (χ1) is 9.22. The molecule has 1 unspecified atom stereocenters. The van der Waals surface area contributed by atoms with Crippen LogP contribution in [0.1, 0.15) is 50.2 Å². The van der Waals surface area contributed by atoms with Crippen LogP contribution in [0, 0.1) is 0 Å². The predicted octanol–water partition coefficient (Wildman–Crippen LogP) is 3.22. The molecule has 19 heavy (non-hydrogen) atoms. The second kappa shape index (κ2) is 5.26. The van der Waals surface area contributed by atoms with Crippen LogP contribution in [0.5, 0.6) is 0 Å². The number of piperidine rings is 1. The Kier molecular flexibility index (Phi) is 3.64. The average molecular weight is 259 g/mol. The fraction of sp³-hybridized carbons (Fsp3) is 0.647. The highest BCUT2D eigenvalue weighted by Crippen LogP contribution is 2.39. The Bertz CT molecular complexity index is 413. The molecule has 0 bridgehead atoms. The Labute approximate surface area is 116 Å². The van der Waals surface area contributed by atoms with E-state index in [0.717, 1.165) is 19.8 Å². The van der Waals surface area contributed by atoms with E-state index in [4.69, 9.17) is 4.74 Å². The number of hydrogen-bond acceptors (Lipinski definition) is 2. The Morgan fingerprint density at radius 3 is 2.37 bits per heavy atom. The van der Waals surface area contributed by atoms with Gasteiger partial charge < -0.3 is 10.1 Å². The van der Waals surface area contributed by atoms with Gasteiger partial charge in [-0.1, -0.05) is 44.5 Å². The van der Waals surface area contributed by atoms with Crippen molar-refractivity contribution in [2.24, 2.45) is 0 Å². The summed E-state index contributed by atoms with van der Waals surface area (Å²) in [6.45, 7) is 7.42. The third kappa shape index (κ3) is 2.32. The van der Waals surface area contributed by atoms with Crippen LogP contribution in [0.2, 0.25) is 0 Å². The molecule has 0 aromatic heterocycles. The highest BCUT2D eigenvalue weighted by Gasteiger charge is 2.47. The maximum atomic E-state index is 5.58. The maximum absolute atomic E-state index is 5.58. The summed E-state index contributed by atoms with van der Waals surface area (Å²) in [5.41, 5.74) is 3.12. The van der Waals surface area contributed by atoms with Crippen molar-refractivity contribution in [2.75, 3.05) is 19.8 Å². The van der Waals surface area contributed by atoms with Crippen LogP contribution < -0.4 is 5.32 Å². The van der Waals surface area contributed by atoms with Crippen LogP contribution in [0.4, 0.5) is 0 Å². The molecule has 0 spiro atoms.